The number of aromatic nitrogens is 2. The van der Waals surface area contributed by atoms with Crippen molar-refractivity contribution in [2.24, 2.45) is 0 Å². The molecule has 6 nitrogen and oxygen atoms in total. The summed E-state index contributed by atoms with van der Waals surface area (Å²) in [5, 5.41) is 9.58. The molecule has 0 radical (unpaired) electrons. The van der Waals surface area contributed by atoms with Crippen LogP contribution in [0.2, 0.25) is 0 Å². The average Bonchev–Trinajstić information content (AvgIpc) is 3.25. The van der Waals surface area contributed by atoms with Gasteiger partial charge in [-0.15, -0.1) is 34.7 Å². The number of benzene rings is 1. The maximum Gasteiger partial charge on any atom is 0.573 e. The van der Waals surface area contributed by atoms with E-state index in [1.54, 1.807) is 6.92 Å². The maximum absolute atomic E-state index is 12.1. The number of thiophene rings is 1. The summed E-state index contributed by atoms with van der Waals surface area (Å²) in [4.78, 5) is 12.9. The molecule has 0 bridgehead atoms. The smallest absolute Gasteiger partial charge is 0.449 e. The third-order valence-electron chi connectivity index (χ3n) is 3.13. The Labute approximate surface area is 149 Å². The number of hydrogen-bond donors (Lipinski definition) is 0. The first-order valence-electron chi connectivity index (χ1n) is 7.26. The summed E-state index contributed by atoms with van der Waals surface area (Å²) < 4.78 is 50.8. The summed E-state index contributed by atoms with van der Waals surface area (Å²) in [6, 6.07) is 8.03. The zero-order chi connectivity index (χ0) is 18.7. The topological polar surface area (TPSA) is 74.5 Å². The van der Waals surface area contributed by atoms with Gasteiger partial charge in [0.15, 0.2) is 6.10 Å². The monoisotopic (exact) mass is 384 g/mol. The van der Waals surface area contributed by atoms with Crippen molar-refractivity contribution < 1.29 is 31.9 Å². The molecule has 0 spiro atoms. The van der Waals surface area contributed by atoms with E-state index in [4.69, 9.17) is 9.15 Å². The fourth-order valence-electron chi connectivity index (χ4n) is 1.97. The minimum absolute atomic E-state index is 0.0596. The second kappa shape index (κ2) is 7.16. The fraction of sp³-hybridized carbons (Fsp3) is 0.188. The number of carbonyl (C=O) groups excluding carboxylic acids is 1. The van der Waals surface area contributed by atoms with Crippen molar-refractivity contribution in [3.05, 3.63) is 53.2 Å². The molecular formula is C16H11F3N2O4S. The summed E-state index contributed by atoms with van der Waals surface area (Å²) in [7, 11) is 0. The number of carbonyl (C=O) groups is 1. The van der Waals surface area contributed by atoms with Gasteiger partial charge in [-0.2, -0.15) is 0 Å². The molecule has 0 aliphatic carbocycles. The Hall–Kier alpha value is -2.88. The summed E-state index contributed by atoms with van der Waals surface area (Å²) in [5.41, 5.74) is 0.0596. The first-order valence-corrected chi connectivity index (χ1v) is 8.14. The Kier molecular flexibility index (Phi) is 4.94. The molecule has 0 aliphatic rings. The van der Waals surface area contributed by atoms with E-state index in [9.17, 15) is 18.0 Å². The number of ether oxygens (including phenoxy) is 2. The van der Waals surface area contributed by atoms with Gasteiger partial charge in [0.2, 0.25) is 0 Å². The van der Waals surface area contributed by atoms with Crippen molar-refractivity contribution in [2.45, 2.75) is 19.4 Å². The van der Waals surface area contributed by atoms with Crippen molar-refractivity contribution in [3.63, 3.8) is 0 Å². The molecular weight excluding hydrogens is 373 g/mol. The first kappa shape index (κ1) is 17.9. The number of hydrogen-bond acceptors (Lipinski definition) is 7. The van der Waals surface area contributed by atoms with Crippen LogP contribution in [0.15, 0.2) is 46.2 Å². The predicted molar refractivity (Wildman–Crippen MR) is 84.6 cm³/mol. The van der Waals surface area contributed by atoms with Crippen LogP contribution >= 0.6 is 11.3 Å². The van der Waals surface area contributed by atoms with Gasteiger partial charge in [-0.3, -0.25) is 0 Å². The van der Waals surface area contributed by atoms with Crippen molar-refractivity contribution in [1.82, 2.24) is 10.2 Å². The van der Waals surface area contributed by atoms with E-state index in [-0.39, 0.29) is 11.5 Å². The van der Waals surface area contributed by atoms with Crippen LogP contribution < -0.4 is 4.74 Å². The largest absolute Gasteiger partial charge is 0.573 e. The van der Waals surface area contributed by atoms with Crippen LogP contribution in [0.3, 0.4) is 0 Å². The van der Waals surface area contributed by atoms with E-state index in [2.05, 4.69) is 14.9 Å². The Balaban J connectivity index is 1.64. The van der Waals surface area contributed by atoms with Crippen molar-refractivity contribution in [3.8, 4) is 16.5 Å². The minimum atomic E-state index is -4.80. The lowest BCUT2D eigenvalue weighted by molar-refractivity contribution is -0.274. The number of esters is 1. The summed E-state index contributed by atoms with van der Waals surface area (Å²) in [6.07, 6.45) is -5.62. The lowest BCUT2D eigenvalue weighted by Gasteiger charge is -2.11. The van der Waals surface area contributed by atoms with Gasteiger partial charge in [0.25, 0.3) is 11.8 Å². The number of halogens is 3. The quantitative estimate of drug-likeness (QED) is 0.598. The highest BCUT2D eigenvalue weighted by Crippen LogP contribution is 2.27. The predicted octanol–water partition coefficient (Wildman–Crippen LogP) is 4.61. The van der Waals surface area contributed by atoms with Gasteiger partial charge >= 0.3 is 12.3 Å². The third kappa shape index (κ3) is 4.39. The van der Waals surface area contributed by atoms with Gasteiger partial charge in [-0.05, 0) is 42.6 Å². The molecule has 10 heteroatoms. The van der Waals surface area contributed by atoms with Gasteiger partial charge < -0.3 is 13.9 Å². The molecule has 2 aromatic heterocycles. The van der Waals surface area contributed by atoms with Gasteiger partial charge in [-0.25, -0.2) is 4.79 Å². The summed E-state index contributed by atoms with van der Waals surface area (Å²) >= 11 is 1.42. The van der Waals surface area contributed by atoms with E-state index < -0.39 is 24.2 Å². The highest BCUT2D eigenvalue weighted by Gasteiger charge is 2.31. The highest BCUT2D eigenvalue weighted by molar-refractivity contribution is 7.13. The Bertz CT molecular complexity index is 876. The molecule has 3 rings (SSSR count). The lowest BCUT2D eigenvalue weighted by Crippen LogP contribution is -2.17. The van der Waals surface area contributed by atoms with E-state index in [0.29, 0.717) is 5.89 Å². The van der Waals surface area contributed by atoms with E-state index in [0.717, 1.165) is 17.0 Å². The van der Waals surface area contributed by atoms with Gasteiger partial charge in [0.05, 0.1) is 10.4 Å². The second-order valence-corrected chi connectivity index (χ2v) is 5.99. The van der Waals surface area contributed by atoms with Gasteiger partial charge in [-0.1, -0.05) is 6.07 Å². The fourth-order valence-corrected chi connectivity index (χ4v) is 2.61. The average molecular weight is 384 g/mol. The van der Waals surface area contributed by atoms with Crippen LogP contribution in [0.5, 0.6) is 5.75 Å². The molecule has 0 saturated heterocycles. The van der Waals surface area contributed by atoms with Crippen LogP contribution in [0, 0.1) is 0 Å². The van der Waals surface area contributed by atoms with E-state index >= 15 is 0 Å². The third-order valence-corrected chi connectivity index (χ3v) is 3.99. The zero-order valence-corrected chi connectivity index (χ0v) is 14.0. The first-order chi connectivity index (χ1) is 12.3. The molecule has 2 heterocycles. The molecule has 0 saturated carbocycles. The van der Waals surface area contributed by atoms with E-state index in [1.807, 2.05) is 17.5 Å². The van der Waals surface area contributed by atoms with Crippen LogP contribution in [-0.2, 0) is 4.74 Å². The molecule has 1 atom stereocenters. The zero-order valence-electron chi connectivity index (χ0n) is 13.2. The molecule has 0 fully saturated rings. The molecule has 0 N–H and O–H groups in total. The second-order valence-electron chi connectivity index (χ2n) is 5.04. The van der Waals surface area contributed by atoms with Crippen molar-refractivity contribution in [1.29, 1.82) is 0 Å². The Morgan fingerprint density at radius 1 is 1.19 bits per heavy atom. The number of alkyl halides is 3. The lowest BCUT2D eigenvalue weighted by atomic mass is 10.2. The molecule has 136 valence electrons. The Morgan fingerprint density at radius 2 is 1.92 bits per heavy atom. The van der Waals surface area contributed by atoms with Crippen LogP contribution in [-0.4, -0.2) is 22.5 Å². The summed E-state index contributed by atoms with van der Waals surface area (Å²) in [5.74, 6) is -0.753. The van der Waals surface area contributed by atoms with E-state index in [1.165, 1.54) is 23.5 Å². The van der Waals surface area contributed by atoms with Crippen LogP contribution in [0.1, 0.15) is 29.3 Å². The molecule has 0 aliphatic heterocycles. The van der Waals surface area contributed by atoms with Gasteiger partial charge in [0.1, 0.15) is 5.75 Å². The standard InChI is InChI=1S/C16H11F3N2O4S/c1-9(13-20-21-14(24-13)12-3-2-8-26-12)23-15(22)10-4-6-11(7-5-10)25-16(17,18)19/h2-9H,1H3/t9-/m1/s1. The molecule has 1 aromatic carbocycles. The van der Waals surface area contributed by atoms with Crippen molar-refractivity contribution >= 4 is 17.3 Å². The normalized spacial score (nSPS) is 12.6. The van der Waals surface area contributed by atoms with Crippen LogP contribution in [0.25, 0.3) is 10.8 Å². The van der Waals surface area contributed by atoms with Crippen LogP contribution in [0.4, 0.5) is 13.2 Å². The molecule has 3 aromatic rings. The molecule has 0 amide bonds. The van der Waals surface area contributed by atoms with Crippen molar-refractivity contribution in [2.75, 3.05) is 0 Å². The molecule has 0 unspecified atom stereocenters. The maximum atomic E-state index is 12.1. The molecule has 26 heavy (non-hydrogen) atoms. The minimum Gasteiger partial charge on any atom is -0.449 e. The number of nitrogens with zero attached hydrogens (tertiary/aromatic N) is 2. The van der Waals surface area contributed by atoms with Gasteiger partial charge in [0, 0.05) is 0 Å². The highest BCUT2D eigenvalue weighted by atomic mass is 32.1. The SMILES string of the molecule is C[C@@H](OC(=O)c1ccc(OC(F)(F)F)cc1)c1nnc(-c2cccs2)o1. The summed E-state index contributed by atoms with van der Waals surface area (Å²) in [6.45, 7) is 1.55. The number of rotatable bonds is 5. The Morgan fingerprint density at radius 3 is 2.54 bits per heavy atom.